The molecule has 5 heteroatoms. The fraction of sp³-hybridized carbons (Fsp3) is 0.526. The predicted octanol–water partition coefficient (Wildman–Crippen LogP) is 2.99. The molecule has 0 aliphatic heterocycles. The Morgan fingerprint density at radius 2 is 1.83 bits per heavy atom. The minimum atomic E-state index is -0.0144. The van der Waals surface area contributed by atoms with Gasteiger partial charge in [0.1, 0.15) is 0 Å². The van der Waals surface area contributed by atoms with E-state index >= 15 is 0 Å². The third kappa shape index (κ3) is 7.28. The lowest BCUT2D eigenvalue weighted by Gasteiger charge is -2.27. The maximum absolute atomic E-state index is 12.5. The van der Waals surface area contributed by atoms with Crippen LogP contribution in [0.5, 0.6) is 0 Å². The molecule has 2 amide bonds. The Kier molecular flexibility index (Phi) is 8.56. The number of benzene rings is 1. The SMILES string of the molecule is CC(=O)NCCCCCC(=O)N(Cc1ccc(C#N)cc1)C(C)C. The number of hydrogen-bond acceptors (Lipinski definition) is 3. The van der Waals surface area contributed by atoms with E-state index in [0.29, 0.717) is 25.1 Å². The topological polar surface area (TPSA) is 73.2 Å². The largest absolute Gasteiger partial charge is 0.356 e. The Hall–Kier alpha value is -2.35. The number of rotatable bonds is 9. The summed E-state index contributed by atoms with van der Waals surface area (Å²) in [5.74, 6) is 0.133. The summed E-state index contributed by atoms with van der Waals surface area (Å²) >= 11 is 0. The highest BCUT2D eigenvalue weighted by Gasteiger charge is 2.16. The molecule has 0 fully saturated rings. The van der Waals surface area contributed by atoms with Crippen LogP contribution < -0.4 is 5.32 Å². The molecule has 1 aromatic rings. The number of nitrogens with one attached hydrogen (secondary N) is 1. The zero-order valence-corrected chi connectivity index (χ0v) is 14.8. The van der Waals surface area contributed by atoms with E-state index in [2.05, 4.69) is 11.4 Å². The van der Waals surface area contributed by atoms with Crippen LogP contribution in [0.15, 0.2) is 24.3 Å². The van der Waals surface area contributed by atoms with Gasteiger partial charge in [-0.15, -0.1) is 0 Å². The van der Waals surface area contributed by atoms with Crippen molar-refractivity contribution in [3.05, 3.63) is 35.4 Å². The molecule has 0 atom stereocenters. The molecule has 1 rings (SSSR count). The summed E-state index contributed by atoms with van der Waals surface area (Å²) in [6.45, 7) is 6.76. The van der Waals surface area contributed by atoms with Crippen LogP contribution in [0.25, 0.3) is 0 Å². The first-order valence-corrected chi connectivity index (χ1v) is 8.47. The number of unbranched alkanes of at least 4 members (excludes halogenated alkanes) is 2. The van der Waals surface area contributed by atoms with E-state index in [-0.39, 0.29) is 17.9 Å². The maximum Gasteiger partial charge on any atom is 0.223 e. The van der Waals surface area contributed by atoms with Crippen LogP contribution in [-0.4, -0.2) is 29.3 Å². The predicted molar refractivity (Wildman–Crippen MR) is 94.0 cm³/mol. The van der Waals surface area contributed by atoms with E-state index in [0.717, 1.165) is 24.8 Å². The number of nitriles is 1. The van der Waals surface area contributed by atoms with E-state index < -0.39 is 0 Å². The lowest BCUT2D eigenvalue weighted by molar-refractivity contribution is -0.133. The average molecular weight is 329 g/mol. The normalized spacial score (nSPS) is 10.3. The van der Waals surface area contributed by atoms with Crippen molar-refractivity contribution in [1.82, 2.24) is 10.2 Å². The monoisotopic (exact) mass is 329 g/mol. The van der Waals surface area contributed by atoms with Crippen molar-refractivity contribution < 1.29 is 9.59 Å². The Morgan fingerprint density at radius 3 is 2.38 bits per heavy atom. The molecular weight excluding hydrogens is 302 g/mol. The molecule has 0 heterocycles. The molecule has 0 aliphatic rings. The highest BCUT2D eigenvalue weighted by molar-refractivity contribution is 5.76. The van der Waals surface area contributed by atoms with Crippen molar-refractivity contribution in [2.24, 2.45) is 0 Å². The number of nitrogens with zero attached hydrogens (tertiary/aromatic N) is 2. The zero-order valence-electron chi connectivity index (χ0n) is 14.8. The molecule has 24 heavy (non-hydrogen) atoms. The van der Waals surface area contributed by atoms with Gasteiger partial charge in [0.15, 0.2) is 0 Å². The van der Waals surface area contributed by atoms with Gasteiger partial charge in [-0.3, -0.25) is 9.59 Å². The third-order valence-electron chi connectivity index (χ3n) is 3.82. The molecule has 0 saturated heterocycles. The summed E-state index contributed by atoms with van der Waals surface area (Å²) in [7, 11) is 0. The van der Waals surface area contributed by atoms with Crippen LogP contribution in [0.3, 0.4) is 0 Å². The van der Waals surface area contributed by atoms with Crippen molar-refractivity contribution in [3.8, 4) is 6.07 Å². The van der Waals surface area contributed by atoms with Crippen LogP contribution in [0, 0.1) is 11.3 Å². The van der Waals surface area contributed by atoms with Crippen LogP contribution in [0.2, 0.25) is 0 Å². The second kappa shape index (κ2) is 10.4. The van der Waals surface area contributed by atoms with Crippen molar-refractivity contribution >= 4 is 11.8 Å². The lowest BCUT2D eigenvalue weighted by atomic mass is 10.1. The van der Waals surface area contributed by atoms with Crippen LogP contribution in [-0.2, 0) is 16.1 Å². The van der Waals surface area contributed by atoms with Gasteiger partial charge < -0.3 is 10.2 Å². The second-order valence-electron chi connectivity index (χ2n) is 6.22. The van der Waals surface area contributed by atoms with Gasteiger partial charge in [0.05, 0.1) is 11.6 Å². The summed E-state index contributed by atoms with van der Waals surface area (Å²) in [5, 5.41) is 11.6. The molecule has 0 unspecified atom stereocenters. The average Bonchev–Trinajstić information content (AvgIpc) is 2.55. The van der Waals surface area contributed by atoms with Gasteiger partial charge in [0.2, 0.25) is 11.8 Å². The number of hydrogen-bond donors (Lipinski definition) is 1. The summed E-state index contributed by atoms with van der Waals surface area (Å²) in [6.07, 6.45) is 3.17. The van der Waals surface area contributed by atoms with Crippen molar-refractivity contribution in [2.45, 2.75) is 59.0 Å². The Labute approximate surface area is 144 Å². The highest BCUT2D eigenvalue weighted by atomic mass is 16.2. The molecule has 0 spiro atoms. The van der Waals surface area contributed by atoms with Gasteiger partial charge in [0, 0.05) is 32.5 Å². The third-order valence-corrected chi connectivity index (χ3v) is 3.82. The highest BCUT2D eigenvalue weighted by Crippen LogP contribution is 2.13. The first-order valence-electron chi connectivity index (χ1n) is 8.47. The second-order valence-corrected chi connectivity index (χ2v) is 6.22. The molecule has 130 valence electrons. The molecule has 1 N–H and O–H groups in total. The summed E-state index contributed by atoms with van der Waals surface area (Å²) < 4.78 is 0. The molecule has 0 radical (unpaired) electrons. The molecular formula is C19H27N3O2. The number of amides is 2. The maximum atomic E-state index is 12.5. The van der Waals surface area contributed by atoms with Gasteiger partial charge in [-0.25, -0.2) is 0 Å². The minimum Gasteiger partial charge on any atom is -0.356 e. The Balaban J connectivity index is 2.44. The van der Waals surface area contributed by atoms with Gasteiger partial charge in [-0.05, 0) is 44.4 Å². The van der Waals surface area contributed by atoms with Gasteiger partial charge in [-0.1, -0.05) is 18.6 Å². The van der Waals surface area contributed by atoms with Crippen molar-refractivity contribution in [2.75, 3.05) is 6.54 Å². The molecule has 1 aromatic carbocycles. The molecule has 0 aliphatic carbocycles. The number of carbonyl (C=O) groups is 2. The fourth-order valence-corrected chi connectivity index (χ4v) is 2.43. The smallest absolute Gasteiger partial charge is 0.223 e. The van der Waals surface area contributed by atoms with E-state index in [4.69, 9.17) is 5.26 Å². The first-order chi connectivity index (χ1) is 11.4. The molecule has 0 saturated carbocycles. The Morgan fingerprint density at radius 1 is 1.17 bits per heavy atom. The molecule has 5 nitrogen and oxygen atoms in total. The van der Waals surface area contributed by atoms with E-state index in [1.165, 1.54) is 6.92 Å². The van der Waals surface area contributed by atoms with E-state index in [9.17, 15) is 9.59 Å². The van der Waals surface area contributed by atoms with Crippen LogP contribution in [0.4, 0.5) is 0 Å². The van der Waals surface area contributed by atoms with Crippen LogP contribution in [0.1, 0.15) is 57.6 Å². The first kappa shape index (κ1) is 19.7. The summed E-state index contributed by atoms with van der Waals surface area (Å²) in [4.78, 5) is 25.1. The quantitative estimate of drug-likeness (QED) is 0.708. The number of carbonyl (C=O) groups excluding carboxylic acids is 2. The van der Waals surface area contributed by atoms with Crippen molar-refractivity contribution in [1.29, 1.82) is 5.26 Å². The molecule has 0 bridgehead atoms. The minimum absolute atomic E-state index is 0.0144. The molecule has 0 aromatic heterocycles. The van der Waals surface area contributed by atoms with E-state index in [1.807, 2.05) is 30.9 Å². The van der Waals surface area contributed by atoms with Gasteiger partial charge in [0.25, 0.3) is 0 Å². The Bertz CT molecular complexity index is 573. The zero-order chi connectivity index (χ0) is 17.9. The lowest BCUT2D eigenvalue weighted by Crippen LogP contribution is -2.36. The van der Waals surface area contributed by atoms with Crippen LogP contribution >= 0.6 is 0 Å². The van der Waals surface area contributed by atoms with Gasteiger partial charge >= 0.3 is 0 Å². The van der Waals surface area contributed by atoms with Gasteiger partial charge in [-0.2, -0.15) is 5.26 Å². The van der Waals surface area contributed by atoms with Crippen molar-refractivity contribution in [3.63, 3.8) is 0 Å². The fourth-order valence-electron chi connectivity index (χ4n) is 2.43. The summed E-state index contributed by atoms with van der Waals surface area (Å²) in [5.41, 5.74) is 1.65. The summed E-state index contributed by atoms with van der Waals surface area (Å²) in [6, 6.07) is 9.58. The van der Waals surface area contributed by atoms with E-state index in [1.54, 1.807) is 12.1 Å². The standard InChI is InChI=1S/C19H27N3O2/c1-15(2)22(14-18-10-8-17(13-20)9-11-18)19(24)7-5-4-6-12-21-16(3)23/h8-11,15H,4-7,12,14H2,1-3H3,(H,21,23).